The second kappa shape index (κ2) is 10.9. The van der Waals surface area contributed by atoms with Crippen LogP contribution >= 0.6 is 11.6 Å². The summed E-state index contributed by atoms with van der Waals surface area (Å²) >= 11 is 6.13. The first-order valence-electron chi connectivity index (χ1n) is 10.6. The van der Waals surface area contributed by atoms with Crippen LogP contribution in [-0.4, -0.2) is 59.0 Å². The van der Waals surface area contributed by atoms with E-state index < -0.39 is 5.60 Å². The molecule has 6 nitrogen and oxygen atoms in total. The van der Waals surface area contributed by atoms with Gasteiger partial charge in [0.2, 0.25) is 0 Å². The van der Waals surface area contributed by atoms with Crippen molar-refractivity contribution in [3.8, 4) is 0 Å². The van der Waals surface area contributed by atoms with Crippen molar-refractivity contribution >= 4 is 34.3 Å². The molecule has 2 aromatic rings. The second-order valence-corrected chi connectivity index (χ2v) is 8.93. The number of amides is 1. The van der Waals surface area contributed by atoms with Gasteiger partial charge in [0.15, 0.2) is 0 Å². The van der Waals surface area contributed by atoms with Crippen LogP contribution in [0.15, 0.2) is 30.5 Å². The molecule has 1 heterocycles. The van der Waals surface area contributed by atoms with Crippen LogP contribution in [0.1, 0.15) is 47.5 Å². The van der Waals surface area contributed by atoms with Crippen LogP contribution in [0, 0.1) is 0 Å². The third-order valence-corrected chi connectivity index (χ3v) is 5.17. The lowest BCUT2D eigenvalue weighted by Gasteiger charge is -2.33. The van der Waals surface area contributed by atoms with Crippen LogP contribution in [0.2, 0.25) is 5.02 Å². The fourth-order valence-electron chi connectivity index (χ4n) is 3.45. The van der Waals surface area contributed by atoms with Gasteiger partial charge in [-0.05, 0) is 77.9 Å². The largest absolute Gasteiger partial charge is 0.443 e. The predicted octanol–water partition coefficient (Wildman–Crippen LogP) is 5.11. The van der Waals surface area contributed by atoms with Crippen LogP contribution in [0.3, 0.4) is 0 Å². The van der Waals surface area contributed by atoms with E-state index in [0.717, 1.165) is 42.5 Å². The first kappa shape index (κ1) is 24.4. The molecule has 0 aliphatic carbocycles. The molecule has 1 aromatic heterocycles. The fraction of sp³-hybridized carbons (Fsp3) is 0.565. The number of hydrogen-bond donors (Lipinski definition) is 1. The number of aliphatic hydroxyl groups is 1. The number of carbonyl (C=O) groups excluding carboxylic acids is 1. The topological polar surface area (TPSA) is 65.9 Å². The molecule has 1 aromatic carbocycles. The van der Waals surface area contributed by atoms with Crippen molar-refractivity contribution in [1.82, 2.24) is 9.88 Å². The van der Waals surface area contributed by atoms with Gasteiger partial charge >= 0.3 is 6.09 Å². The Kier molecular flexibility index (Phi) is 8.89. The number of hydrogen-bond acceptors (Lipinski definition) is 5. The number of pyridine rings is 1. The molecule has 0 saturated heterocycles. The zero-order valence-corrected chi connectivity index (χ0v) is 19.4. The number of aliphatic hydroxyl groups excluding tert-OH is 1. The molecule has 0 aliphatic heterocycles. The maximum atomic E-state index is 13.2. The monoisotopic (exact) mass is 435 g/mol. The summed E-state index contributed by atoms with van der Waals surface area (Å²) in [7, 11) is 0. The minimum absolute atomic E-state index is 0.0750. The van der Waals surface area contributed by atoms with Crippen molar-refractivity contribution < 1.29 is 14.6 Å². The molecule has 1 N–H and O–H groups in total. The molecular formula is C23H34ClN3O3. The molecule has 1 amide bonds. The lowest BCUT2D eigenvalue weighted by molar-refractivity contribution is 0.0566. The Morgan fingerprint density at radius 3 is 2.63 bits per heavy atom. The van der Waals surface area contributed by atoms with Crippen molar-refractivity contribution in [2.45, 2.75) is 59.1 Å². The smallest absolute Gasteiger partial charge is 0.415 e. The van der Waals surface area contributed by atoms with Gasteiger partial charge in [0, 0.05) is 29.2 Å². The highest BCUT2D eigenvalue weighted by Gasteiger charge is 2.28. The summed E-state index contributed by atoms with van der Waals surface area (Å²) in [6.07, 6.45) is 3.03. The number of likely N-dealkylation sites (N-methyl/N-ethyl adjacent to an activating group) is 1. The van der Waals surface area contributed by atoms with E-state index >= 15 is 0 Å². The average molecular weight is 436 g/mol. The Balaban J connectivity index is 2.30. The van der Waals surface area contributed by atoms with Gasteiger partial charge in [0.05, 0.1) is 17.8 Å². The first-order chi connectivity index (χ1) is 14.2. The predicted molar refractivity (Wildman–Crippen MR) is 123 cm³/mol. The molecule has 30 heavy (non-hydrogen) atoms. The number of benzene rings is 1. The summed E-state index contributed by atoms with van der Waals surface area (Å²) in [6.45, 7) is 12.3. The quantitative estimate of drug-likeness (QED) is 0.592. The van der Waals surface area contributed by atoms with E-state index in [1.54, 1.807) is 23.2 Å². The molecule has 2 rings (SSSR count). The number of fused-ring (bicyclic) bond motifs is 1. The van der Waals surface area contributed by atoms with E-state index in [9.17, 15) is 9.90 Å². The number of halogens is 1. The molecule has 0 aliphatic rings. The van der Waals surface area contributed by atoms with E-state index in [-0.39, 0.29) is 18.7 Å². The minimum Gasteiger partial charge on any atom is -0.443 e. The fourth-order valence-corrected chi connectivity index (χ4v) is 3.62. The van der Waals surface area contributed by atoms with Gasteiger partial charge in [0.1, 0.15) is 5.60 Å². The standard InChI is InChI=1S/C23H34ClN3O3/c1-6-26(14-15-28)13-7-8-17(2)27(22(29)30-23(3,4)5)21-11-12-25-20-16-18(24)9-10-19(20)21/h9-12,16-17,28H,6-8,13-15H2,1-5H3. The van der Waals surface area contributed by atoms with Gasteiger partial charge in [0.25, 0.3) is 0 Å². The molecule has 0 radical (unpaired) electrons. The molecule has 0 saturated carbocycles. The average Bonchev–Trinajstić information content (AvgIpc) is 2.66. The van der Waals surface area contributed by atoms with E-state index in [1.165, 1.54) is 0 Å². The number of anilines is 1. The Hall–Kier alpha value is -1.89. The van der Waals surface area contributed by atoms with Crippen molar-refractivity contribution in [3.63, 3.8) is 0 Å². The number of rotatable bonds is 9. The van der Waals surface area contributed by atoms with E-state index in [0.29, 0.717) is 11.6 Å². The number of aromatic nitrogens is 1. The molecule has 1 atom stereocenters. The summed E-state index contributed by atoms with van der Waals surface area (Å²) in [6, 6.07) is 7.27. The molecule has 166 valence electrons. The van der Waals surface area contributed by atoms with Crippen LogP contribution < -0.4 is 4.90 Å². The number of ether oxygens (including phenoxy) is 1. The second-order valence-electron chi connectivity index (χ2n) is 8.49. The van der Waals surface area contributed by atoms with Crippen LogP contribution in [0.4, 0.5) is 10.5 Å². The molecule has 7 heteroatoms. The molecule has 0 spiro atoms. The summed E-state index contributed by atoms with van der Waals surface area (Å²) in [5.74, 6) is 0. The third kappa shape index (κ3) is 6.83. The summed E-state index contributed by atoms with van der Waals surface area (Å²) in [5, 5.41) is 10.6. The molecule has 0 fully saturated rings. The lowest BCUT2D eigenvalue weighted by Crippen LogP contribution is -2.43. The van der Waals surface area contributed by atoms with Crippen molar-refractivity contribution in [1.29, 1.82) is 0 Å². The Bertz CT molecular complexity index is 838. The highest BCUT2D eigenvalue weighted by molar-refractivity contribution is 6.31. The van der Waals surface area contributed by atoms with Gasteiger partial charge in [-0.15, -0.1) is 0 Å². The first-order valence-corrected chi connectivity index (χ1v) is 10.9. The van der Waals surface area contributed by atoms with Crippen LogP contribution in [-0.2, 0) is 4.74 Å². The van der Waals surface area contributed by atoms with Gasteiger partial charge in [-0.2, -0.15) is 0 Å². The highest BCUT2D eigenvalue weighted by atomic mass is 35.5. The highest BCUT2D eigenvalue weighted by Crippen LogP contribution is 2.31. The van der Waals surface area contributed by atoms with Crippen molar-refractivity contribution in [2.24, 2.45) is 0 Å². The molecule has 1 unspecified atom stereocenters. The van der Waals surface area contributed by atoms with Crippen LogP contribution in [0.5, 0.6) is 0 Å². The minimum atomic E-state index is -0.596. The molecule has 0 bridgehead atoms. The maximum absolute atomic E-state index is 13.2. The Labute approximate surface area is 184 Å². The Morgan fingerprint density at radius 2 is 2.00 bits per heavy atom. The van der Waals surface area contributed by atoms with Gasteiger partial charge < -0.3 is 14.7 Å². The number of carbonyl (C=O) groups is 1. The van der Waals surface area contributed by atoms with E-state index in [1.807, 2.05) is 39.8 Å². The molecular weight excluding hydrogens is 402 g/mol. The lowest BCUT2D eigenvalue weighted by atomic mass is 10.1. The summed E-state index contributed by atoms with van der Waals surface area (Å²) in [5.41, 5.74) is 0.906. The zero-order chi connectivity index (χ0) is 22.3. The van der Waals surface area contributed by atoms with Crippen molar-refractivity contribution in [3.05, 3.63) is 35.5 Å². The maximum Gasteiger partial charge on any atom is 0.415 e. The Morgan fingerprint density at radius 1 is 1.27 bits per heavy atom. The van der Waals surface area contributed by atoms with Gasteiger partial charge in [-0.25, -0.2) is 4.79 Å². The number of nitrogens with zero attached hydrogens (tertiary/aromatic N) is 3. The van der Waals surface area contributed by atoms with Gasteiger partial charge in [-0.1, -0.05) is 18.5 Å². The zero-order valence-electron chi connectivity index (χ0n) is 18.7. The normalized spacial score (nSPS) is 12.9. The summed E-state index contributed by atoms with van der Waals surface area (Å²) in [4.78, 5) is 21.5. The van der Waals surface area contributed by atoms with Crippen LogP contribution in [0.25, 0.3) is 10.9 Å². The van der Waals surface area contributed by atoms with E-state index in [4.69, 9.17) is 16.3 Å². The SMILES string of the molecule is CCN(CCO)CCCC(C)N(C(=O)OC(C)(C)C)c1ccnc2cc(Cl)ccc12. The third-order valence-electron chi connectivity index (χ3n) is 4.93. The summed E-state index contributed by atoms with van der Waals surface area (Å²) < 4.78 is 5.73. The van der Waals surface area contributed by atoms with Gasteiger partial charge in [-0.3, -0.25) is 9.88 Å². The van der Waals surface area contributed by atoms with Crippen molar-refractivity contribution in [2.75, 3.05) is 31.1 Å². The van der Waals surface area contributed by atoms with E-state index in [2.05, 4.69) is 16.8 Å².